The molecule has 148 valence electrons. The molecule has 0 radical (unpaired) electrons. The summed E-state index contributed by atoms with van der Waals surface area (Å²) in [5.74, 6) is 0. The van der Waals surface area contributed by atoms with Crippen molar-refractivity contribution in [2.45, 2.75) is 30.4 Å². The smallest absolute Gasteiger partial charge is 0.0834 e. The number of aliphatic hydroxyl groups excluding tert-OH is 1. The van der Waals surface area contributed by atoms with E-state index in [1.165, 1.54) is 16.8 Å². The minimum absolute atomic E-state index is 0.117. The summed E-state index contributed by atoms with van der Waals surface area (Å²) in [5, 5.41) is 11.7. The van der Waals surface area contributed by atoms with Crippen molar-refractivity contribution in [2.75, 3.05) is 51.2 Å². The van der Waals surface area contributed by atoms with E-state index in [0.29, 0.717) is 0 Å². The summed E-state index contributed by atoms with van der Waals surface area (Å²) in [4.78, 5) is 11.5. The number of rotatable bonds is 2. The molecule has 1 spiro atoms. The highest BCUT2D eigenvalue weighted by Gasteiger charge is 2.54. The monoisotopic (exact) mass is 378 g/mol. The summed E-state index contributed by atoms with van der Waals surface area (Å²) in [6.07, 6.45) is 5.40. The van der Waals surface area contributed by atoms with Crippen LogP contribution in [0.2, 0.25) is 0 Å². The van der Waals surface area contributed by atoms with Gasteiger partial charge in [-0.25, -0.2) is 0 Å². The van der Waals surface area contributed by atoms with E-state index in [-0.39, 0.29) is 17.6 Å². The zero-order chi connectivity index (χ0) is 19.1. The molecule has 2 aliphatic heterocycles. The van der Waals surface area contributed by atoms with Crippen LogP contribution >= 0.6 is 0 Å². The van der Waals surface area contributed by atoms with E-state index >= 15 is 0 Å². The lowest BCUT2D eigenvalue weighted by atomic mass is 9.72. The molecule has 2 saturated heterocycles. The van der Waals surface area contributed by atoms with E-state index < -0.39 is 0 Å². The maximum atomic E-state index is 11.7. The van der Waals surface area contributed by atoms with Crippen LogP contribution in [0.25, 0.3) is 0 Å². The van der Waals surface area contributed by atoms with Gasteiger partial charge in [-0.05, 0) is 43.1 Å². The second-order valence-electron chi connectivity index (χ2n) is 8.66. The number of benzene rings is 1. The van der Waals surface area contributed by atoms with Crippen molar-refractivity contribution in [1.82, 2.24) is 14.8 Å². The number of aromatic nitrogens is 1. The highest BCUT2D eigenvalue weighted by molar-refractivity contribution is 5.49. The molecule has 0 amide bonds. The maximum Gasteiger partial charge on any atom is 0.0834 e. The number of fused-ring (bicyclic) bond motifs is 2. The summed E-state index contributed by atoms with van der Waals surface area (Å²) in [5.41, 5.74) is 3.87. The van der Waals surface area contributed by atoms with Crippen molar-refractivity contribution in [2.24, 2.45) is 0 Å². The third-order valence-corrected chi connectivity index (χ3v) is 7.30. The van der Waals surface area contributed by atoms with E-state index in [9.17, 15) is 5.11 Å². The Labute approximate surface area is 167 Å². The van der Waals surface area contributed by atoms with Gasteiger partial charge in [-0.2, -0.15) is 0 Å². The van der Waals surface area contributed by atoms with Crippen molar-refractivity contribution >= 4 is 5.69 Å². The van der Waals surface area contributed by atoms with Crippen LogP contribution < -0.4 is 4.90 Å². The molecule has 1 aliphatic carbocycles. The average molecular weight is 379 g/mol. The molecule has 2 atom stereocenters. The number of piperazine rings is 1. The molecule has 1 aromatic heterocycles. The molecule has 28 heavy (non-hydrogen) atoms. The number of likely N-dealkylation sites (N-methyl/N-ethyl adjacent to an activating group) is 1. The number of anilines is 1. The molecule has 2 fully saturated rings. The van der Waals surface area contributed by atoms with Crippen LogP contribution in [0.15, 0.2) is 48.8 Å². The molecule has 0 bridgehead atoms. The minimum atomic E-state index is -0.326. The van der Waals surface area contributed by atoms with Crippen LogP contribution in [0.1, 0.15) is 30.0 Å². The van der Waals surface area contributed by atoms with Gasteiger partial charge in [0.2, 0.25) is 0 Å². The minimum Gasteiger partial charge on any atom is -0.390 e. The number of hydrogen-bond acceptors (Lipinski definition) is 5. The summed E-state index contributed by atoms with van der Waals surface area (Å²) in [6, 6.07) is 13.1. The Kier molecular flexibility index (Phi) is 4.62. The van der Waals surface area contributed by atoms with Gasteiger partial charge in [0, 0.05) is 62.8 Å². The molecule has 0 unspecified atom stereocenters. The first kappa shape index (κ1) is 18.1. The van der Waals surface area contributed by atoms with Crippen LogP contribution in [-0.4, -0.2) is 72.3 Å². The predicted molar refractivity (Wildman–Crippen MR) is 112 cm³/mol. The van der Waals surface area contributed by atoms with E-state index in [4.69, 9.17) is 0 Å². The van der Waals surface area contributed by atoms with Gasteiger partial charge in [0.15, 0.2) is 0 Å². The van der Waals surface area contributed by atoms with Crippen LogP contribution in [0, 0.1) is 0 Å². The van der Waals surface area contributed by atoms with Gasteiger partial charge in [-0.1, -0.05) is 24.3 Å². The van der Waals surface area contributed by atoms with E-state index in [1.807, 2.05) is 12.4 Å². The SMILES string of the molecule is CN1CCN([C@@H]2c3ccccc3C3(CCN(c4ccncc4)CC3)[C@H]2O)CC1. The molecule has 1 N–H and O–H groups in total. The van der Waals surface area contributed by atoms with Crippen molar-refractivity contribution in [3.05, 3.63) is 59.9 Å². The Morgan fingerprint density at radius 3 is 2.32 bits per heavy atom. The van der Waals surface area contributed by atoms with Crippen LogP contribution in [-0.2, 0) is 5.41 Å². The van der Waals surface area contributed by atoms with E-state index in [1.54, 1.807) is 0 Å². The Balaban J connectivity index is 1.43. The molecule has 1 aromatic carbocycles. The van der Waals surface area contributed by atoms with Gasteiger partial charge in [-0.15, -0.1) is 0 Å². The lowest BCUT2D eigenvalue weighted by Gasteiger charge is -2.45. The normalized spacial score (nSPS) is 27.9. The summed E-state index contributed by atoms with van der Waals surface area (Å²) >= 11 is 0. The molecule has 3 aliphatic rings. The highest BCUT2D eigenvalue weighted by Crippen LogP contribution is 2.53. The molecule has 0 saturated carbocycles. The molecule has 5 rings (SSSR count). The topological polar surface area (TPSA) is 42.8 Å². The number of piperidine rings is 1. The number of nitrogens with zero attached hydrogens (tertiary/aromatic N) is 4. The maximum absolute atomic E-state index is 11.7. The Hall–Kier alpha value is -1.95. The fourth-order valence-corrected chi connectivity index (χ4v) is 5.62. The summed E-state index contributed by atoms with van der Waals surface area (Å²) < 4.78 is 0. The molecule has 5 nitrogen and oxygen atoms in total. The first-order valence-electron chi connectivity index (χ1n) is 10.5. The number of pyridine rings is 1. The number of aliphatic hydroxyl groups is 1. The third kappa shape index (κ3) is 2.84. The summed E-state index contributed by atoms with van der Waals surface area (Å²) in [6.45, 7) is 6.18. The zero-order valence-electron chi connectivity index (χ0n) is 16.7. The zero-order valence-corrected chi connectivity index (χ0v) is 16.7. The van der Waals surface area contributed by atoms with Gasteiger partial charge < -0.3 is 14.9 Å². The largest absolute Gasteiger partial charge is 0.390 e. The van der Waals surface area contributed by atoms with Gasteiger partial charge in [-0.3, -0.25) is 9.88 Å². The van der Waals surface area contributed by atoms with E-state index in [2.05, 4.69) is 63.1 Å². The van der Waals surface area contributed by atoms with Crippen molar-refractivity contribution in [3.63, 3.8) is 0 Å². The lowest BCUT2D eigenvalue weighted by Crippen LogP contribution is -2.52. The first-order chi connectivity index (χ1) is 13.7. The van der Waals surface area contributed by atoms with E-state index in [0.717, 1.165) is 52.1 Å². The standard InChI is InChI=1S/C23H30N4O/c1-25-14-16-27(17-15-25)21-19-4-2-3-5-20(19)23(22(21)28)8-12-26(13-9-23)18-6-10-24-11-7-18/h2-7,10-11,21-22,28H,8-9,12-17H2,1H3/t21-,22+/m1/s1. The molecular weight excluding hydrogens is 348 g/mol. The van der Waals surface area contributed by atoms with Gasteiger partial charge in [0.05, 0.1) is 12.1 Å². The Morgan fingerprint density at radius 1 is 0.929 bits per heavy atom. The first-order valence-corrected chi connectivity index (χ1v) is 10.5. The Morgan fingerprint density at radius 2 is 1.61 bits per heavy atom. The van der Waals surface area contributed by atoms with Crippen molar-refractivity contribution < 1.29 is 5.11 Å². The molecular formula is C23H30N4O. The molecule has 3 heterocycles. The molecule has 5 heteroatoms. The van der Waals surface area contributed by atoms with Crippen LogP contribution in [0.5, 0.6) is 0 Å². The molecule has 2 aromatic rings. The highest BCUT2D eigenvalue weighted by atomic mass is 16.3. The average Bonchev–Trinajstić information content (AvgIpc) is 2.98. The quantitative estimate of drug-likeness (QED) is 0.869. The predicted octanol–water partition coefficient (Wildman–Crippen LogP) is 2.28. The van der Waals surface area contributed by atoms with Gasteiger partial charge >= 0.3 is 0 Å². The third-order valence-electron chi connectivity index (χ3n) is 7.30. The van der Waals surface area contributed by atoms with Crippen LogP contribution in [0.3, 0.4) is 0 Å². The summed E-state index contributed by atoms with van der Waals surface area (Å²) in [7, 11) is 2.19. The van der Waals surface area contributed by atoms with Gasteiger partial charge in [0.1, 0.15) is 0 Å². The van der Waals surface area contributed by atoms with Crippen molar-refractivity contribution in [3.8, 4) is 0 Å². The second-order valence-corrected chi connectivity index (χ2v) is 8.66. The van der Waals surface area contributed by atoms with Crippen molar-refractivity contribution in [1.29, 1.82) is 0 Å². The second kappa shape index (κ2) is 7.14. The Bertz CT molecular complexity index is 810. The number of hydrogen-bond donors (Lipinski definition) is 1. The van der Waals surface area contributed by atoms with Crippen LogP contribution in [0.4, 0.5) is 5.69 Å². The fraction of sp³-hybridized carbons (Fsp3) is 0.522. The van der Waals surface area contributed by atoms with Gasteiger partial charge in [0.25, 0.3) is 0 Å². The lowest BCUT2D eigenvalue weighted by molar-refractivity contribution is -0.0136. The fourth-order valence-electron chi connectivity index (χ4n) is 5.62.